The minimum atomic E-state index is -0.188. The van der Waals surface area contributed by atoms with Crippen LogP contribution in [0.5, 0.6) is 0 Å². The topological polar surface area (TPSA) is 46.9 Å². The van der Waals surface area contributed by atoms with E-state index >= 15 is 0 Å². The lowest BCUT2D eigenvalue weighted by atomic mass is 9.61. The summed E-state index contributed by atoms with van der Waals surface area (Å²) in [6, 6.07) is 7.52. The molecule has 4 nitrogen and oxygen atoms in total. The Bertz CT molecular complexity index is 1100. The third-order valence-corrected chi connectivity index (χ3v) is 10.4. The van der Waals surface area contributed by atoms with Gasteiger partial charge in [-0.2, -0.15) is 5.10 Å². The Balaban J connectivity index is 1.51. The molecule has 1 amide bonds. The van der Waals surface area contributed by atoms with Crippen molar-refractivity contribution < 1.29 is 9.18 Å². The Morgan fingerprint density at radius 1 is 1.03 bits per heavy atom. The highest BCUT2D eigenvalue weighted by molar-refractivity contribution is 5.94. The van der Waals surface area contributed by atoms with Gasteiger partial charge in [-0.25, -0.2) is 4.39 Å². The van der Waals surface area contributed by atoms with E-state index in [-0.39, 0.29) is 23.2 Å². The third kappa shape index (κ3) is 5.45. The molecule has 1 aromatic heterocycles. The maximum atomic E-state index is 14.1. The number of nitrogens with one attached hydrogen (secondary N) is 1. The molecule has 208 valence electrons. The van der Waals surface area contributed by atoms with Crippen LogP contribution in [-0.4, -0.2) is 21.7 Å². The molecule has 1 heterocycles. The lowest BCUT2D eigenvalue weighted by Gasteiger charge is -2.48. The molecule has 4 atom stereocenters. The fourth-order valence-electron chi connectivity index (χ4n) is 8.14. The van der Waals surface area contributed by atoms with Crippen molar-refractivity contribution in [3.63, 3.8) is 0 Å². The average Bonchev–Trinajstić information content (AvgIpc) is 3.17. The van der Waals surface area contributed by atoms with Crippen LogP contribution in [-0.2, 0) is 12.8 Å². The molecule has 1 N–H and O–H groups in total. The maximum absolute atomic E-state index is 14.1. The minimum absolute atomic E-state index is 0.0277. The molecule has 2 fully saturated rings. The van der Waals surface area contributed by atoms with E-state index in [4.69, 9.17) is 5.10 Å². The molecule has 0 saturated heterocycles. The predicted molar refractivity (Wildman–Crippen MR) is 152 cm³/mol. The predicted octanol–water partition coefficient (Wildman–Crippen LogP) is 8.16. The second kappa shape index (κ2) is 11.5. The molecule has 0 radical (unpaired) electrons. The van der Waals surface area contributed by atoms with E-state index in [2.05, 4.69) is 37.7 Å². The molecule has 2 aromatic rings. The van der Waals surface area contributed by atoms with Gasteiger partial charge in [0.1, 0.15) is 5.82 Å². The summed E-state index contributed by atoms with van der Waals surface area (Å²) in [6.07, 6.45) is 14.7. The van der Waals surface area contributed by atoms with Gasteiger partial charge in [0.25, 0.3) is 5.91 Å². The number of halogens is 1. The number of rotatable bonds is 6. The second-order valence-electron chi connectivity index (χ2n) is 13.2. The Labute approximate surface area is 229 Å². The first-order valence-corrected chi connectivity index (χ1v) is 15.5. The number of carbonyl (C=O) groups is 1. The molecule has 3 unspecified atom stereocenters. The van der Waals surface area contributed by atoms with Crippen LogP contribution >= 0.6 is 0 Å². The number of hydrogen-bond acceptors (Lipinski definition) is 2. The number of hydrogen-bond donors (Lipinski definition) is 1. The lowest BCUT2D eigenvalue weighted by Crippen LogP contribution is -2.54. The van der Waals surface area contributed by atoms with Gasteiger partial charge in [0.2, 0.25) is 0 Å². The Morgan fingerprint density at radius 3 is 2.45 bits per heavy atom. The highest BCUT2D eigenvalue weighted by Crippen LogP contribution is 2.45. The van der Waals surface area contributed by atoms with Gasteiger partial charge >= 0.3 is 0 Å². The number of carbonyl (C=O) groups excluding carboxylic acids is 1. The van der Waals surface area contributed by atoms with Gasteiger partial charge in [-0.15, -0.1) is 0 Å². The number of amides is 1. The van der Waals surface area contributed by atoms with Crippen LogP contribution < -0.4 is 5.32 Å². The number of benzene rings is 1. The van der Waals surface area contributed by atoms with Crippen molar-refractivity contribution in [2.75, 3.05) is 0 Å². The van der Waals surface area contributed by atoms with Crippen LogP contribution in [0.25, 0.3) is 0 Å². The minimum Gasteiger partial charge on any atom is -0.347 e. The fraction of sp³-hybridized carbons (Fsp3) is 0.697. The zero-order chi connectivity index (χ0) is 26.9. The monoisotopic (exact) mass is 521 g/mol. The summed E-state index contributed by atoms with van der Waals surface area (Å²) in [5.41, 5.74) is 4.39. The molecule has 0 bridgehead atoms. The molecular weight excluding hydrogens is 473 g/mol. The normalized spacial score (nSPS) is 27.9. The summed E-state index contributed by atoms with van der Waals surface area (Å²) >= 11 is 0. The molecule has 3 aliphatic rings. The molecule has 0 spiro atoms. The van der Waals surface area contributed by atoms with E-state index in [0.717, 1.165) is 56.9 Å². The van der Waals surface area contributed by atoms with Gasteiger partial charge < -0.3 is 5.32 Å². The molecule has 3 aliphatic carbocycles. The van der Waals surface area contributed by atoms with Crippen LogP contribution in [0.1, 0.15) is 138 Å². The Kier molecular flexibility index (Phi) is 8.30. The van der Waals surface area contributed by atoms with Crippen molar-refractivity contribution >= 4 is 5.91 Å². The number of nitrogens with zero attached hydrogens (tertiary/aromatic N) is 2. The van der Waals surface area contributed by atoms with Gasteiger partial charge in [-0.05, 0) is 86.3 Å². The molecular formula is C33H48FN3O. The van der Waals surface area contributed by atoms with Crippen molar-refractivity contribution in [3.8, 4) is 0 Å². The van der Waals surface area contributed by atoms with Gasteiger partial charge in [0.05, 0.1) is 6.04 Å². The van der Waals surface area contributed by atoms with Crippen molar-refractivity contribution in [3.05, 3.63) is 52.6 Å². The summed E-state index contributed by atoms with van der Waals surface area (Å²) in [4.78, 5) is 14.1. The van der Waals surface area contributed by atoms with E-state index in [1.807, 2.05) is 12.1 Å². The number of aromatic nitrogens is 2. The van der Waals surface area contributed by atoms with Crippen molar-refractivity contribution in [2.45, 2.75) is 129 Å². The van der Waals surface area contributed by atoms with E-state index in [9.17, 15) is 9.18 Å². The van der Waals surface area contributed by atoms with Crippen LogP contribution in [0.15, 0.2) is 24.3 Å². The van der Waals surface area contributed by atoms with Gasteiger partial charge in [-0.1, -0.05) is 71.9 Å². The van der Waals surface area contributed by atoms with E-state index in [1.165, 1.54) is 43.4 Å². The smallest absolute Gasteiger partial charge is 0.272 e. The van der Waals surface area contributed by atoms with E-state index in [1.54, 1.807) is 12.1 Å². The molecule has 5 rings (SSSR count). The molecule has 1 aromatic carbocycles. The van der Waals surface area contributed by atoms with Gasteiger partial charge in [-0.3, -0.25) is 9.48 Å². The fourth-order valence-corrected chi connectivity index (χ4v) is 8.14. The first kappa shape index (κ1) is 27.4. The van der Waals surface area contributed by atoms with Crippen LogP contribution in [0, 0.1) is 23.1 Å². The lowest BCUT2D eigenvalue weighted by molar-refractivity contribution is 0.0411. The quantitative estimate of drug-likeness (QED) is 0.390. The molecule has 5 heteroatoms. The highest BCUT2D eigenvalue weighted by Gasteiger charge is 2.44. The van der Waals surface area contributed by atoms with Crippen molar-refractivity contribution in [2.24, 2.45) is 17.3 Å². The zero-order valence-corrected chi connectivity index (χ0v) is 24.1. The van der Waals surface area contributed by atoms with Crippen LogP contribution in [0.4, 0.5) is 4.39 Å². The standard InChI is InChI=1S/C33H48FN3O/c1-5-25-18-15-22(2)31(33(25,3)4)35-32(38)29-28-14-10-9-11-24(21-23-16-19-26(34)20-17-23)30(28)37(36-29)27-12-7-6-8-13-27/h16-17,19-20,22,24-25,27,31H,5-15,18,21H2,1-4H3,(H,35,38)/t22?,24?,25?,31-/m0/s1. The first-order valence-electron chi connectivity index (χ1n) is 15.5. The summed E-state index contributed by atoms with van der Waals surface area (Å²) in [6.45, 7) is 9.29. The Hall–Kier alpha value is -2.17. The summed E-state index contributed by atoms with van der Waals surface area (Å²) in [7, 11) is 0. The SMILES string of the molecule is CCC1CCC(C)[C@H](NC(=O)c2nn(C3CCCCC3)c3c2CCCCC3Cc2ccc(F)cc2)C1(C)C. The van der Waals surface area contributed by atoms with E-state index in [0.29, 0.717) is 29.5 Å². The second-order valence-corrected chi connectivity index (χ2v) is 13.2. The van der Waals surface area contributed by atoms with E-state index < -0.39 is 0 Å². The van der Waals surface area contributed by atoms with Crippen LogP contribution in [0.2, 0.25) is 0 Å². The average molecular weight is 522 g/mol. The first-order chi connectivity index (χ1) is 18.3. The molecule has 38 heavy (non-hydrogen) atoms. The van der Waals surface area contributed by atoms with Crippen LogP contribution in [0.3, 0.4) is 0 Å². The third-order valence-electron chi connectivity index (χ3n) is 10.4. The molecule has 0 aliphatic heterocycles. The summed E-state index contributed by atoms with van der Waals surface area (Å²) in [5, 5.41) is 8.73. The largest absolute Gasteiger partial charge is 0.347 e. The molecule has 2 saturated carbocycles. The van der Waals surface area contributed by atoms with Gasteiger partial charge in [0.15, 0.2) is 5.69 Å². The zero-order valence-electron chi connectivity index (χ0n) is 24.1. The summed E-state index contributed by atoms with van der Waals surface area (Å²) < 4.78 is 15.9. The maximum Gasteiger partial charge on any atom is 0.272 e. The van der Waals surface area contributed by atoms with Crippen molar-refractivity contribution in [1.82, 2.24) is 15.1 Å². The number of fused-ring (bicyclic) bond motifs is 1. The Morgan fingerprint density at radius 2 is 1.74 bits per heavy atom. The summed E-state index contributed by atoms with van der Waals surface area (Å²) in [5.74, 6) is 1.23. The van der Waals surface area contributed by atoms with Gasteiger partial charge in [0, 0.05) is 23.2 Å². The van der Waals surface area contributed by atoms with Crippen molar-refractivity contribution in [1.29, 1.82) is 0 Å². The highest BCUT2D eigenvalue weighted by atomic mass is 19.1.